The summed E-state index contributed by atoms with van der Waals surface area (Å²) in [5, 5.41) is 9.30. The normalized spacial score (nSPS) is 11.7. The highest BCUT2D eigenvalue weighted by molar-refractivity contribution is 7.20. The number of furan rings is 1. The lowest BCUT2D eigenvalue weighted by atomic mass is 10.0. The Morgan fingerprint density at radius 1 is 0.293 bits per heavy atom. The monoisotopic (exact) mass is 974 g/mol. The summed E-state index contributed by atoms with van der Waals surface area (Å²) >= 11 is 0. The van der Waals surface area contributed by atoms with Gasteiger partial charge in [-0.15, -0.1) is 0 Å². The number of hydrogen-bond donors (Lipinski definition) is 0. The molecule has 11 aromatic carbocycles. The molecule has 0 aliphatic rings. The second kappa shape index (κ2) is 18.4. The standard InChI is InChI=1S/C69H46N4OSi/c1-5-21-47(22-6-1)50-27-17-32-55(43-50)75(54-30-11-4-12-31-54,56-33-18-28-51(44-56)48-23-7-2-8-24-48)57-34-19-29-53(45-57)67-70-68(61-38-20-37-60-59-36-14-16-40-65(59)74-66(60)61)72-69(71-67)73-63-39-15-13-35-58(63)62-46-52(41-42-64(62)73)49-25-9-3-10-26-49/h1-46H. The lowest BCUT2D eigenvalue weighted by molar-refractivity contribution is 0.669. The van der Waals surface area contributed by atoms with Gasteiger partial charge in [0, 0.05) is 27.1 Å². The fourth-order valence-corrected chi connectivity index (χ4v) is 16.2. The van der Waals surface area contributed by atoms with Gasteiger partial charge in [0.15, 0.2) is 19.7 Å². The van der Waals surface area contributed by atoms with Crippen LogP contribution in [0.3, 0.4) is 0 Å². The number of nitrogens with zero attached hydrogens (tertiary/aromatic N) is 4. The summed E-state index contributed by atoms with van der Waals surface area (Å²) in [5.74, 6) is 1.60. The van der Waals surface area contributed by atoms with Gasteiger partial charge in [0.25, 0.3) is 0 Å². The lowest BCUT2D eigenvalue weighted by Gasteiger charge is -2.35. The maximum atomic E-state index is 6.70. The van der Waals surface area contributed by atoms with Gasteiger partial charge in [-0.2, -0.15) is 9.97 Å². The summed E-state index contributed by atoms with van der Waals surface area (Å²) < 4.78 is 8.90. The van der Waals surface area contributed by atoms with Crippen molar-refractivity contribution in [2.24, 2.45) is 0 Å². The average Bonchev–Trinajstić information content (AvgIpc) is 4.06. The van der Waals surface area contributed by atoms with Crippen LogP contribution in [0.5, 0.6) is 0 Å². The van der Waals surface area contributed by atoms with E-state index >= 15 is 0 Å². The number of hydrogen-bond acceptors (Lipinski definition) is 4. The van der Waals surface area contributed by atoms with Gasteiger partial charge in [-0.05, 0) is 84.5 Å². The molecule has 0 spiro atoms. The minimum Gasteiger partial charge on any atom is -0.455 e. The average molecular weight is 975 g/mol. The molecule has 0 N–H and O–H groups in total. The molecule has 352 valence electrons. The molecule has 3 aromatic heterocycles. The summed E-state index contributed by atoms with van der Waals surface area (Å²) in [6.45, 7) is 0. The first-order valence-corrected chi connectivity index (χ1v) is 27.4. The van der Waals surface area contributed by atoms with E-state index in [1.165, 1.54) is 43.0 Å². The Hall–Kier alpha value is -9.75. The van der Waals surface area contributed by atoms with Gasteiger partial charge in [0.1, 0.15) is 11.2 Å². The van der Waals surface area contributed by atoms with E-state index in [4.69, 9.17) is 19.4 Å². The van der Waals surface area contributed by atoms with Crippen LogP contribution in [-0.2, 0) is 0 Å². The van der Waals surface area contributed by atoms with Crippen LogP contribution in [0.1, 0.15) is 0 Å². The molecule has 0 amide bonds. The molecule has 0 saturated heterocycles. The van der Waals surface area contributed by atoms with Crippen molar-refractivity contribution in [3.63, 3.8) is 0 Å². The van der Waals surface area contributed by atoms with Crippen LogP contribution in [0.4, 0.5) is 0 Å². The second-order valence-electron chi connectivity index (χ2n) is 19.1. The minimum absolute atomic E-state index is 0.518. The van der Waals surface area contributed by atoms with E-state index in [0.29, 0.717) is 17.6 Å². The van der Waals surface area contributed by atoms with Crippen molar-refractivity contribution in [2.75, 3.05) is 0 Å². The van der Waals surface area contributed by atoms with Gasteiger partial charge in [-0.3, -0.25) is 4.57 Å². The molecule has 75 heavy (non-hydrogen) atoms. The van der Waals surface area contributed by atoms with Gasteiger partial charge in [0.2, 0.25) is 5.95 Å². The molecule has 0 bridgehead atoms. The Balaban J connectivity index is 1.04. The first kappa shape index (κ1) is 44.0. The van der Waals surface area contributed by atoms with E-state index in [2.05, 4.69) is 271 Å². The quantitative estimate of drug-likeness (QED) is 0.101. The van der Waals surface area contributed by atoms with Crippen molar-refractivity contribution in [1.82, 2.24) is 19.5 Å². The zero-order chi connectivity index (χ0) is 49.7. The Kier molecular flexibility index (Phi) is 10.8. The molecular formula is C69H46N4OSi. The zero-order valence-electron chi connectivity index (χ0n) is 40.8. The summed E-state index contributed by atoms with van der Waals surface area (Å²) in [7, 11) is -3.19. The molecule has 0 radical (unpaired) electrons. The smallest absolute Gasteiger partial charge is 0.238 e. The van der Waals surface area contributed by atoms with Crippen LogP contribution in [0.15, 0.2) is 283 Å². The van der Waals surface area contributed by atoms with Crippen LogP contribution in [0.2, 0.25) is 0 Å². The third-order valence-corrected chi connectivity index (χ3v) is 19.5. The number of rotatable bonds is 10. The maximum Gasteiger partial charge on any atom is 0.238 e. The molecule has 0 fully saturated rings. The van der Waals surface area contributed by atoms with Crippen LogP contribution in [0.25, 0.3) is 106 Å². The van der Waals surface area contributed by atoms with Crippen LogP contribution >= 0.6 is 0 Å². The fraction of sp³-hybridized carbons (Fsp3) is 0. The van der Waals surface area contributed by atoms with Gasteiger partial charge in [-0.25, -0.2) is 4.98 Å². The van der Waals surface area contributed by atoms with E-state index in [9.17, 15) is 0 Å². The molecule has 14 aromatic rings. The molecule has 3 heterocycles. The van der Waals surface area contributed by atoms with Crippen molar-refractivity contribution in [3.05, 3.63) is 279 Å². The van der Waals surface area contributed by atoms with Gasteiger partial charge >= 0.3 is 0 Å². The molecule has 0 unspecified atom stereocenters. The molecule has 14 rings (SSSR count). The van der Waals surface area contributed by atoms with Crippen molar-refractivity contribution in [3.8, 4) is 62.1 Å². The predicted octanol–water partition coefficient (Wildman–Crippen LogP) is 14.6. The van der Waals surface area contributed by atoms with E-state index in [0.717, 1.165) is 66.0 Å². The summed E-state index contributed by atoms with van der Waals surface area (Å²) in [5.41, 5.74) is 12.2. The summed E-state index contributed by atoms with van der Waals surface area (Å²) in [6.07, 6.45) is 0. The molecular weight excluding hydrogens is 929 g/mol. The number of aromatic nitrogens is 4. The maximum absolute atomic E-state index is 6.70. The second-order valence-corrected chi connectivity index (χ2v) is 22.9. The number of fused-ring (bicyclic) bond motifs is 6. The van der Waals surface area contributed by atoms with Crippen molar-refractivity contribution < 1.29 is 4.42 Å². The number of para-hydroxylation sites is 3. The van der Waals surface area contributed by atoms with Crippen LogP contribution in [0, 0.1) is 0 Å². The SMILES string of the molecule is c1ccc(-c2cccc([Si](c3ccccc3)(c3cccc(-c4ccccc4)c3)c3cccc(-c4nc(-c5cccc6c5oc5ccccc56)nc(-n5c6ccccc6c6cc(-c7ccccc7)ccc65)n4)c3)c2)cc1. The fourth-order valence-electron chi connectivity index (χ4n) is 11.3. The Bertz CT molecular complexity index is 4330. The molecule has 5 nitrogen and oxygen atoms in total. The minimum atomic E-state index is -3.19. The van der Waals surface area contributed by atoms with E-state index in [-0.39, 0.29) is 0 Å². The Morgan fingerprint density at radius 2 is 0.747 bits per heavy atom. The highest BCUT2D eigenvalue weighted by Crippen LogP contribution is 2.38. The largest absolute Gasteiger partial charge is 0.455 e. The van der Waals surface area contributed by atoms with E-state index in [1.54, 1.807) is 0 Å². The highest BCUT2D eigenvalue weighted by atomic mass is 28.3. The summed E-state index contributed by atoms with van der Waals surface area (Å²) in [6, 6.07) is 100. The first-order valence-electron chi connectivity index (χ1n) is 25.4. The third-order valence-electron chi connectivity index (χ3n) is 14.8. The molecule has 0 saturated carbocycles. The highest BCUT2D eigenvalue weighted by Gasteiger charge is 2.42. The number of benzene rings is 11. The van der Waals surface area contributed by atoms with Gasteiger partial charge in [0.05, 0.1) is 16.6 Å². The molecule has 0 aliphatic carbocycles. The van der Waals surface area contributed by atoms with Gasteiger partial charge in [-0.1, -0.05) is 249 Å². The van der Waals surface area contributed by atoms with Gasteiger partial charge < -0.3 is 4.42 Å². The first-order chi connectivity index (χ1) is 37.2. The molecule has 6 heteroatoms. The van der Waals surface area contributed by atoms with E-state index < -0.39 is 8.07 Å². The summed E-state index contributed by atoms with van der Waals surface area (Å²) in [4.78, 5) is 16.5. The Morgan fingerprint density at radius 3 is 1.39 bits per heavy atom. The van der Waals surface area contributed by atoms with E-state index in [1.807, 2.05) is 12.1 Å². The predicted molar refractivity (Wildman–Crippen MR) is 312 cm³/mol. The van der Waals surface area contributed by atoms with Crippen LogP contribution in [-0.4, -0.2) is 27.6 Å². The van der Waals surface area contributed by atoms with Crippen molar-refractivity contribution >= 4 is 72.6 Å². The lowest BCUT2D eigenvalue weighted by Crippen LogP contribution is -2.74. The molecule has 0 atom stereocenters. The third kappa shape index (κ3) is 7.58. The molecule has 0 aliphatic heterocycles. The van der Waals surface area contributed by atoms with Crippen molar-refractivity contribution in [1.29, 1.82) is 0 Å². The topological polar surface area (TPSA) is 56.7 Å². The Labute approximate surface area is 435 Å². The van der Waals surface area contributed by atoms with Crippen molar-refractivity contribution in [2.45, 2.75) is 0 Å². The zero-order valence-corrected chi connectivity index (χ0v) is 41.8. The van der Waals surface area contributed by atoms with Crippen LogP contribution < -0.4 is 20.7 Å².